The summed E-state index contributed by atoms with van der Waals surface area (Å²) in [5.41, 5.74) is 1.70. The van der Waals surface area contributed by atoms with Crippen LogP contribution < -0.4 is 19.7 Å². The third kappa shape index (κ3) is 4.86. The fraction of sp³-hybridized carbons (Fsp3) is 0.391. The number of morpholine rings is 1. The van der Waals surface area contributed by atoms with Crippen LogP contribution in [-0.4, -0.2) is 71.6 Å². The molecule has 0 aromatic heterocycles. The number of hydrogen-bond donors (Lipinski definition) is 1. The maximum absolute atomic E-state index is 13.0. The van der Waals surface area contributed by atoms with Gasteiger partial charge in [0.15, 0.2) is 0 Å². The highest BCUT2D eigenvalue weighted by molar-refractivity contribution is 7.89. The van der Waals surface area contributed by atoms with Crippen LogP contribution in [0.3, 0.4) is 0 Å². The average Bonchev–Trinajstić information content (AvgIpc) is 2.86. The van der Waals surface area contributed by atoms with Gasteiger partial charge in [0.05, 0.1) is 38.0 Å². The van der Waals surface area contributed by atoms with E-state index in [-0.39, 0.29) is 23.8 Å². The minimum Gasteiger partial charge on any atom is -0.497 e. The van der Waals surface area contributed by atoms with Gasteiger partial charge in [0.25, 0.3) is 0 Å². The zero-order valence-corrected chi connectivity index (χ0v) is 19.9. The molecule has 2 aliphatic rings. The molecule has 0 radical (unpaired) electrons. The Hall–Kier alpha value is -3.15. The minimum atomic E-state index is -3.66. The molecule has 1 saturated heterocycles. The number of sulfonamides is 1. The van der Waals surface area contributed by atoms with Crippen molar-refractivity contribution in [2.24, 2.45) is 0 Å². The van der Waals surface area contributed by atoms with Gasteiger partial charge in [-0.25, -0.2) is 8.42 Å². The standard InChI is InChI=1S/C23H27N3O7S/c1-31-17-4-6-19(21(14-17)32-2)24-22(27)15-26-20-7-5-18(13-16(20)3-8-23(26)28)34(29,30)25-9-11-33-12-10-25/h4-7,13-14H,3,8-12,15H2,1-2H3,(H,24,27). The molecule has 11 heteroatoms. The number of amides is 2. The molecule has 2 aromatic carbocycles. The maximum atomic E-state index is 13.0. The molecule has 10 nitrogen and oxygen atoms in total. The van der Waals surface area contributed by atoms with Crippen molar-refractivity contribution in [1.29, 1.82) is 0 Å². The van der Waals surface area contributed by atoms with Crippen molar-refractivity contribution in [3.8, 4) is 11.5 Å². The molecular weight excluding hydrogens is 462 g/mol. The lowest BCUT2D eigenvalue weighted by Gasteiger charge is -2.30. The summed E-state index contributed by atoms with van der Waals surface area (Å²) in [6, 6.07) is 9.68. The van der Waals surface area contributed by atoms with E-state index in [1.165, 1.54) is 29.5 Å². The first kappa shape index (κ1) is 24.0. The summed E-state index contributed by atoms with van der Waals surface area (Å²) in [5, 5.41) is 2.76. The second-order valence-corrected chi connectivity index (χ2v) is 9.84. The number of fused-ring (bicyclic) bond motifs is 1. The molecule has 0 saturated carbocycles. The molecule has 1 fully saturated rings. The molecule has 34 heavy (non-hydrogen) atoms. The molecule has 0 unspecified atom stereocenters. The average molecular weight is 490 g/mol. The SMILES string of the molecule is COc1ccc(NC(=O)CN2C(=O)CCc3cc(S(=O)(=O)N4CCOCC4)ccc32)c(OC)c1. The molecule has 0 atom stereocenters. The Bertz CT molecular complexity index is 1190. The Morgan fingerprint density at radius 2 is 1.82 bits per heavy atom. The van der Waals surface area contributed by atoms with E-state index in [4.69, 9.17) is 14.2 Å². The van der Waals surface area contributed by atoms with Crippen LogP contribution in [0.1, 0.15) is 12.0 Å². The topological polar surface area (TPSA) is 114 Å². The van der Waals surface area contributed by atoms with Gasteiger partial charge in [0.2, 0.25) is 21.8 Å². The fourth-order valence-corrected chi connectivity index (χ4v) is 5.50. The molecule has 0 spiro atoms. The lowest BCUT2D eigenvalue weighted by atomic mass is 10.0. The summed E-state index contributed by atoms with van der Waals surface area (Å²) in [6.07, 6.45) is 0.595. The third-order valence-electron chi connectivity index (χ3n) is 5.84. The van der Waals surface area contributed by atoms with Crippen LogP contribution in [0.15, 0.2) is 41.3 Å². The van der Waals surface area contributed by atoms with Crippen molar-refractivity contribution in [1.82, 2.24) is 4.31 Å². The van der Waals surface area contributed by atoms with Crippen molar-refractivity contribution in [2.75, 3.05) is 57.3 Å². The summed E-state index contributed by atoms with van der Waals surface area (Å²) in [6.45, 7) is 1.12. The molecule has 0 aliphatic carbocycles. The number of benzene rings is 2. The van der Waals surface area contributed by atoms with E-state index in [9.17, 15) is 18.0 Å². The van der Waals surface area contributed by atoms with E-state index < -0.39 is 15.9 Å². The number of hydrogen-bond acceptors (Lipinski definition) is 7. The van der Waals surface area contributed by atoms with E-state index in [1.54, 1.807) is 30.3 Å². The van der Waals surface area contributed by atoms with Crippen LogP contribution in [0.2, 0.25) is 0 Å². The van der Waals surface area contributed by atoms with Crippen molar-refractivity contribution < 1.29 is 32.2 Å². The smallest absolute Gasteiger partial charge is 0.244 e. The lowest BCUT2D eigenvalue weighted by Crippen LogP contribution is -2.42. The minimum absolute atomic E-state index is 0.176. The van der Waals surface area contributed by atoms with E-state index in [1.807, 2.05) is 0 Å². The van der Waals surface area contributed by atoms with E-state index in [0.29, 0.717) is 61.2 Å². The summed E-state index contributed by atoms with van der Waals surface area (Å²) in [7, 11) is -0.642. The summed E-state index contributed by atoms with van der Waals surface area (Å²) in [5.74, 6) is 0.400. The van der Waals surface area contributed by atoms with Crippen LogP contribution in [0.4, 0.5) is 11.4 Å². The number of methoxy groups -OCH3 is 2. The maximum Gasteiger partial charge on any atom is 0.244 e. The van der Waals surface area contributed by atoms with Gasteiger partial charge < -0.3 is 24.4 Å². The molecular formula is C23H27N3O7S. The lowest BCUT2D eigenvalue weighted by molar-refractivity contribution is -0.121. The van der Waals surface area contributed by atoms with Gasteiger partial charge in [-0.3, -0.25) is 9.59 Å². The molecule has 2 aliphatic heterocycles. The van der Waals surface area contributed by atoms with Crippen molar-refractivity contribution in [2.45, 2.75) is 17.7 Å². The zero-order valence-electron chi connectivity index (χ0n) is 19.1. The van der Waals surface area contributed by atoms with Crippen LogP contribution in [-0.2, 0) is 30.8 Å². The van der Waals surface area contributed by atoms with Crippen molar-refractivity contribution in [3.05, 3.63) is 42.0 Å². The molecule has 0 bridgehead atoms. The van der Waals surface area contributed by atoms with Gasteiger partial charge in [-0.05, 0) is 42.3 Å². The monoisotopic (exact) mass is 489 g/mol. The normalized spacial score (nSPS) is 16.6. The van der Waals surface area contributed by atoms with Gasteiger partial charge in [0, 0.05) is 31.3 Å². The van der Waals surface area contributed by atoms with Crippen molar-refractivity contribution >= 4 is 33.2 Å². The number of ether oxygens (including phenoxy) is 3. The second kappa shape index (κ2) is 10.00. The largest absolute Gasteiger partial charge is 0.497 e. The van der Waals surface area contributed by atoms with Crippen LogP contribution >= 0.6 is 0 Å². The van der Waals surface area contributed by atoms with E-state index in [2.05, 4.69) is 5.32 Å². The highest BCUT2D eigenvalue weighted by Crippen LogP contribution is 2.32. The third-order valence-corrected chi connectivity index (χ3v) is 7.74. The highest BCUT2D eigenvalue weighted by Gasteiger charge is 2.30. The molecule has 2 amide bonds. The van der Waals surface area contributed by atoms with E-state index >= 15 is 0 Å². The first-order chi connectivity index (χ1) is 16.3. The van der Waals surface area contributed by atoms with Crippen LogP contribution in [0, 0.1) is 0 Å². The number of anilines is 2. The number of rotatable bonds is 7. The van der Waals surface area contributed by atoms with Crippen LogP contribution in [0.25, 0.3) is 0 Å². The molecule has 4 rings (SSSR count). The second-order valence-electron chi connectivity index (χ2n) is 7.90. The number of nitrogens with one attached hydrogen (secondary N) is 1. The molecule has 1 N–H and O–H groups in total. The van der Waals surface area contributed by atoms with Crippen LogP contribution in [0.5, 0.6) is 11.5 Å². The quantitative estimate of drug-likeness (QED) is 0.629. The Morgan fingerprint density at radius 3 is 2.53 bits per heavy atom. The Labute approximate surface area is 198 Å². The Balaban J connectivity index is 1.53. The first-order valence-corrected chi connectivity index (χ1v) is 12.3. The zero-order chi connectivity index (χ0) is 24.3. The summed E-state index contributed by atoms with van der Waals surface area (Å²) >= 11 is 0. The van der Waals surface area contributed by atoms with Gasteiger partial charge in [-0.1, -0.05) is 0 Å². The molecule has 2 heterocycles. The summed E-state index contributed by atoms with van der Waals surface area (Å²) in [4.78, 5) is 27.0. The Kier molecular flexibility index (Phi) is 7.05. The van der Waals surface area contributed by atoms with Gasteiger partial charge in [-0.2, -0.15) is 4.31 Å². The summed E-state index contributed by atoms with van der Waals surface area (Å²) < 4.78 is 43.1. The predicted molar refractivity (Wildman–Crippen MR) is 125 cm³/mol. The van der Waals surface area contributed by atoms with Gasteiger partial charge in [-0.15, -0.1) is 0 Å². The van der Waals surface area contributed by atoms with Gasteiger partial charge in [0.1, 0.15) is 18.0 Å². The Morgan fingerprint density at radius 1 is 1.06 bits per heavy atom. The first-order valence-electron chi connectivity index (χ1n) is 10.9. The molecule has 182 valence electrons. The number of aryl methyl sites for hydroxylation is 1. The number of carbonyl (C=O) groups is 2. The fourth-order valence-electron chi connectivity index (χ4n) is 4.04. The predicted octanol–water partition coefficient (Wildman–Crippen LogP) is 1.64. The highest BCUT2D eigenvalue weighted by atomic mass is 32.2. The van der Waals surface area contributed by atoms with Crippen molar-refractivity contribution in [3.63, 3.8) is 0 Å². The molecule has 2 aromatic rings. The number of nitrogens with zero attached hydrogens (tertiary/aromatic N) is 2. The number of carbonyl (C=O) groups excluding carboxylic acids is 2. The van der Waals surface area contributed by atoms with E-state index in [0.717, 1.165) is 0 Å². The van der Waals surface area contributed by atoms with Gasteiger partial charge >= 0.3 is 0 Å².